The summed E-state index contributed by atoms with van der Waals surface area (Å²) in [6.45, 7) is 0. The minimum Gasteiger partial charge on any atom is -0.306 e. The highest BCUT2D eigenvalue weighted by Crippen LogP contribution is 1.89. The Balaban J connectivity index is 2.82. The molecule has 2 nitrogen and oxygen atoms in total. The van der Waals surface area contributed by atoms with Crippen LogP contribution in [-0.4, -0.2) is 26.5 Å². The van der Waals surface area contributed by atoms with Crippen LogP contribution in [-0.2, 0) is 11.1 Å². The van der Waals surface area contributed by atoms with Crippen LogP contribution in [0.1, 0.15) is 0 Å². The molecule has 0 heterocycles. The number of hydrogen-bond donors (Lipinski definition) is 1. The van der Waals surface area contributed by atoms with Crippen LogP contribution in [0.5, 0.6) is 0 Å². The molecule has 0 amide bonds. The normalized spacial score (nSPS) is 14.0. The maximum atomic E-state index is 9.86. The van der Waals surface area contributed by atoms with Crippen molar-refractivity contribution < 1.29 is 8.76 Å². The van der Waals surface area contributed by atoms with Gasteiger partial charge in [-0.1, -0.05) is 0 Å². The molecule has 0 radical (unpaired) electrons. The van der Waals surface area contributed by atoms with Crippen molar-refractivity contribution in [1.29, 1.82) is 0 Å². The third-order valence-corrected chi connectivity index (χ3v) is 1.89. The molecule has 4 heteroatoms. The third kappa shape index (κ3) is 6.46. The molecule has 0 saturated heterocycles. The van der Waals surface area contributed by atoms with Crippen LogP contribution in [0, 0.1) is 0 Å². The lowest BCUT2D eigenvalue weighted by molar-refractivity contribution is 0.566. The van der Waals surface area contributed by atoms with E-state index in [1.807, 2.05) is 6.26 Å². The number of hydrogen-bond acceptors (Lipinski definition) is 2. The molecular formula is C3H8O2S2. The summed E-state index contributed by atoms with van der Waals surface area (Å²) in [6, 6.07) is 0. The van der Waals surface area contributed by atoms with E-state index in [1.54, 1.807) is 11.8 Å². The molecule has 44 valence electrons. The highest BCUT2D eigenvalue weighted by atomic mass is 32.2. The molecule has 0 rings (SSSR count). The molecule has 1 atom stereocenters. The van der Waals surface area contributed by atoms with Gasteiger partial charge in [-0.3, -0.25) is 0 Å². The molecular weight excluding hydrogens is 132 g/mol. The van der Waals surface area contributed by atoms with Gasteiger partial charge in [-0.25, -0.2) is 4.21 Å². The first kappa shape index (κ1) is 7.46. The Morgan fingerprint density at radius 2 is 2.43 bits per heavy atom. The Labute approximate surface area is 50.0 Å². The van der Waals surface area contributed by atoms with E-state index < -0.39 is 11.1 Å². The Morgan fingerprint density at radius 3 is 2.57 bits per heavy atom. The van der Waals surface area contributed by atoms with Crippen LogP contribution in [0.4, 0.5) is 0 Å². The van der Waals surface area contributed by atoms with Crippen LogP contribution in [0.15, 0.2) is 0 Å². The average molecular weight is 140 g/mol. The Morgan fingerprint density at radius 1 is 1.86 bits per heavy atom. The van der Waals surface area contributed by atoms with Gasteiger partial charge in [0.2, 0.25) is 0 Å². The van der Waals surface area contributed by atoms with E-state index in [0.717, 1.165) is 5.75 Å². The second kappa shape index (κ2) is 4.61. The van der Waals surface area contributed by atoms with E-state index in [2.05, 4.69) is 0 Å². The van der Waals surface area contributed by atoms with E-state index >= 15 is 0 Å². The first-order chi connectivity index (χ1) is 3.27. The van der Waals surface area contributed by atoms with Crippen LogP contribution >= 0.6 is 11.8 Å². The zero-order chi connectivity index (χ0) is 5.70. The smallest absolute Gasteiger partial charge is 0.153 e. The van der Waals surface area contributed by atoms with Gasteiger partial charge in [0.15, 0.2) is 11.1 Å². The van der Waals surface area contributed by atoms with Crippen molar-refractivity contribution in [3.63, 3.8) is 0 Å². The van der Waals surface area contributed by atoms with Gasteiger partial charge in [0.05, 0.1) is 5.75 Å². The molecule has 0 aromatic rings. The zero-order valence-electron chi connectivity index (χ0n) is 4.09. The summed E-state index contributed by atoms with van der Waals surface area (Å²) >= 11 is -0.00938. The molecule has 0 aromatic carbocycles. The molecule has 1 unspecified atom stereocenters. The summed E-state index contributed by atoms with van der Waals surface area (Å²) < 4.78 is 18.0. The van der Waals surface area contributed by atoms with E-state index in [1.165, 1.54) is 0 Å². The lowest BCUT2D eigenvalue weighted by Gasteiger charge is -1.86. The molecule has 0 aliphatic rings. The molecule has 0 fully saturated rings. The van der Waals surface area contributed by atoms with Gasteiger partial charge >= 0.3 is 0 Å². The average Bonchev–Trinajstić information content (AvgIpc) is 1.61. The van der Waals surface area contributed by atoms with Crippen LogP contribution in [0.25, 0.3) is 0 Å². The first-order valence-corrected chi connectivity index (χ1v) is 4.50. The van der Waals surface area contributed by atoms with Crippen molar-refractivity contribution in [2.24, 2.45) is 0 Å². The van der Waals surface area contributed by atoms with E-state index in [0.29, 0.717) is 5.75 Å². The molecule has 0 bridgehead atoms. The highest BCUT2D eigenvalue weighted by molar-refractivity contribution is 7.99. The minimum absolute atomic E-state index is 0.390. The maximum absolute atomic E-state index is 9.86. The Bertz CT molecular complexity index is 64.0. The first-order valence-electron chi connectivity index (χ1n) is 1.83. The summed E-state index contributed by atoms with van der Waals surface area (Å²) in [5.74, 6) is 1.16. The SMILES string of the molecule is CSCCS(=O)O. The number of rotatable bonds is 3. The second-order valence-corrected chi connectivity index (χ2v) is 3.06. The fourth-order valence-corrected chi connectivity index (χ4v) is 1.39. The molecule has 0 saturated carbocycles. The molecule has 0 aliphatic heterocycles. The third-order valence-electron chi connectivity index (χ3n) is 0.462. The summed E-state index contributed by atoms with van der Waals surface area (Å²) in [7, 11) is 0. The van der Waals surface area contributed by atoms with Gasteiger partial charge in [-0.2, -0.15) is 11.8 Å². The zero-order valence-corrected chi connectivity index (χ0v) is 5.72. The lowest BCUT2D eigenvalue weighted by Crippen LogP contribution is -1.95. The summed E-state index contributed by atoms with van der Waals surface area (Å²) in [4.78, 5) is 0. The molecule has 1 N–H and O–H groups in total. The molecule has 0 spiro atoms. The van der Waals surface area contributed by atoms with Crippen molar-refractivity contribution in [2.75, 3.05) is 17.8 Å². The van der Waals surface area contributed by atoms with Crippen molar-refractivity contribution in [2.45, 2.75) is 0 Å². The van der Waals surface area contributed by atoms with E-state index in [-0.39, 0.29) is 0 Å². The van der Waals surface area contributed by atoms with Gasteiger partial charge in [0.25, 0.3) is 0 Å². The quantitative estimate of drug-likeness (QED) is 0.582. The van der Waals surface area contributed by atoms with Crippen molar-refractivity contribution in [1.82, 2.24) is 0 Å². The Hall–Kier alpha value is 0.460. The fraction of sp³-hybridized carbons (Fsp3) is 1.00. The highest BCUT2D eigenvalue weighted by Gasteiger charge is 1.87. The van der Waals surface area contributed by atoms with Crippen LogP contribution < -0.4 is 0 Å². The molecule has 0 aliphatic carbocycles. The lowest BCUT2D eigenvalue weighted by atomic mass is 11.0. The second-order valence-electron chi connectivity index (χ2n) is 1.02. The van der Waals surface area contributed by atoms with Crippen molar-refractivity contribution >= 4 is 22.8 Å². The van der Waals surface area contributed by atoms with Crippen molar-refractivity contribution in [3.05, 3.63) is 0 Å². The van der Waals surface area contributed by atoms with Gasteiger partial charge in [-0.05, 0) is 6.26 Å². The fourth-order valence-electron chi connectivity index (χ4n) is 0.155. The standard InChI is InChI=1S/C3H8O2S2/c1-6-2-3-7(4)5/h2-3H2,1H3,(H,4,5). The van der Waals surface area contributed by atoms with Gasteiger partial charge in [0, 0.05) is 5.75 Å². The monoisotopic (exact) mass is 140 g/mol. The number of thioether (sulfide) groups is 1. The van der Waals surface area contributed by atoms with Crippen LogP contribution in [0.3, 0.4) is 0 Å². The van der Waals surface area contributed by atoms with E-state index in [4.69, 9.17) is 4.55 Å². The topological polar surface area (TPSA) is 37.3 Å². The van der Waals surface area contributed by atoms with E-state index in [9.17, 15) is 4.21 Å². The van der Waals surface area contributed by atoms with Crippen LogP contribution in [0.2, 0.25) is 0 Å². The van der Waals surface area contributed by atoms with Gasteiger partial charge in [-0.15, -0.1) is 0 Å². The maximum Gasteiger partial charge on any atom is 0.153 e. The Kier molecular flexibility index (Phi) is 4.92. The summed E-state index contributed by atoms with van der Waals surface area (Å²) in [5, 5.41) is 0. The predicted octanol–water partition coefficient (Wildman–Crippen LogP) is 0.571. The minimum atomic E-state index is -1.59. The molecule has 0 aromatic heterocycles. The largest absolute Gasteiger partial charge is 0.306 e. The predicted molar refractivity (Wildman–Crippen MR) is 34.0 cm³/mol. The van der Waals surface area contributed by atoms with Gasteiger partial charge in [0.1, 0.15) is 0 Å². The summed E-state index contributed by atoms with van der Waals surface area (Å²) in [5.41, 5.74) is 0. The van der Waals surface area contributed by atoms with Gasteiger partial charge < -0.3 is 4.55 Å². The van der Waals surface area contributed by atoms with Crippen molar-refractivity contribution in [3.8, 4) is 0 Å². The molecule has 7 heavy (non-hydrogen) atoms. The summed E-state index contributed by atoms with van der Waals surface area (Å²) in [6.07, 6.45) is 1.91.